The first kappa shape index (κ1) is 15.5. The summed E-state index contributed by atoms with van der Waals surface area (Å²) in [5.41, 5.74) is 9.20. The fourth-order valence-corrected chi connectivity index (χ4v) is 1.90. The number of nitrogens with two attached hydrogens (primary N) is 1. The van der Waals surface area contributed by atoms with Gasteiger partial charge in [0.2, 0.25) is 0 Å². The summed E-state index contributed by atoms with van der Waals surface area (Å²) in [6, 6.07) is 4.53. The van der Waals surface area contributed by atoms with Gasteiger partial charge in [0.05, 0.1) is 16.3 Å². The van der Waals surface area contributed by atoms with Gasteiger partial charge in [0, 0.05) is 11.6 Å². The Kier molecular flexibility index (Phi) is 4.13. The lowest BCUT2D eigenvalue weighted by atomic mass is 10.2. The number of nitro groups is 1. The van der Waals surface area contributed by atoms with Crippen molar-refractivity contribution in [3.05, 3.63) is 33.9 Å². The predicted molar refractivity (Wildman–Crippen MR) is 85.6 cm³/mol. The van der Waals surface area contributed by atoms with E-state index in [9.17, 15) is 14.9 Å². The number of benzene rings is 1. The van der Waals surface area contributed by atoms with Crippen LogP contribution in [0.1, 0.15) is 12.5 Å². The van der Waals surface area contributed by atoms with E-state index in [-0.39, 0.29) is 16.5 Å². The number of hydrogen-bond acceptors (Lipinski definition) is 7. The van der Waals surface area contributed by atoms with Crippen LogP contribution in [-0.2, 0) is 4.79 Å². The first-order chi connectivity index (χ1) is 10.3. The van der Waals surface area contributed by atoms with E-state index in [1.165, 1.54) is 6.07 Å². The molecule has 0 bridgehead atoms. The molecule has 1 heterocycles. The Hall–Kier alpha value is -2.88. The average molecular weight is 320 g/mol. The molecule has 10 heteroatoms. The van der Waals surface area contributed by atoms with Crippen LogP contribution in [0.15, 0.2) is 28.4 Å². The molecule has 1 amide bonds. The van der Waals surface area contributed by atoms with E-state index in [0.717, 1.165) is 5.01 Å². The molecule has 0 radical (unpaired) electrons. The molecular weight excluding hydrogens is 308 g/mol. The molecule has 0 saturated carbocycles. The maximum absolute atomic E-state index is 12.0. The quantitative estimate of drug-likeness (QED) is 0.488. The maximum atomic E-state index is 12.0. The van der Waals surface area contributed by atoms with E-state index >= 15 is 0 Å². The Bertz CT molecular complexity index is 742. The summed E-state index contributed by atoms with van der Waals surface area (Å²) in [6.07, 6.45) is 0. The standard InChI is InChI=1S/C12H12N6O3S/c1-6-3-4-8(5-9(6)18(20)21)14-15-10-7(2)16-17(11(10)19)12(13)22/h3-5,14H,1-2H3,(H2,13,22)/b15-10+. The first-order valence-electron chi connectivity index (χ1n) is 6.09. The second-order valence-electron chi connectivity index (χ2n) is 4.47. The van der Waals surface area contributed by atoms with Gasteiger partial charge in [-0.25, -0.2) is 0 Å². The average Bonchev–Trinajstić information content (AvgIpc) is 2.73. The van der Waals surface area contributed by atoms with Crippen molar-refractivity contribution in [1.29, 1.82) is 0 Å². The highest BCUT2D eigenvalue weighted by molar-refractivity contribution is 7.80. The summed E-state index contributed by atoms with van der Waals surface area (Å²) in [4.78, 5) is 22.4. The number of hydrazone groups is 2. The van der Waals surface area contributed by atoms with Crippen molar-refractivity contribution in [3.8, 4) is 0 Å². The van der Waals surface area contributed by atoms with Gasteiger partial charge in [-0.1, -0.05) is 6.07 Å². The highest BCUT2D eigenvalue weighted by Crippen LogP contribution is 2.22. The third-order valence-corrected chi connectivity index (χ3v) is 3.07. The Morgan fingerprint density at radius 3 is 2.73 bits per heavy atom. The van der Waals surface area contributed by atoms with Crippen LogP contribution in [-0.4, -0.2) is 32.4 Å². The molecule has 3 N–H and O–H groups in total. The van der Waals surface area contributed by atoms with E-state index in [0.29, 0.717) is 17.0 Å². The van der Waals surface area contributed by atoms with E-state index in [1.807, 2.05) is 0 Å². The second kappa shape index (κ2) is 5.85. The fraction of sp³-hybridized carbons (Fsp3) is 0.167. The number of nitrogens with zero attached hydrogens (tertiary/aromatic N) is 4. The highest BCUT2D eigenvalue weighted by Gasteiger charge is 2.31. The Balaban J connectivity index is 2.24. The summed E-state index contributed by atoms with van der Waals surface area (Å²) >= 11 is 4.70. The zero-order valence-corrected chi connectivity index (χ0v) is 12.5. The number of nitrogens with one attached hydrogen (secondary N) is 1. The number of aryl methyl sites for hydroxylation is 1. The van der Waals surface area contributed by atoms with Crippen LogP contribution < -0.4 is 11.2 Å². The van der Waals surface area contributed by atoms with Gasteiger partial charge in [0.1, 0.15) is 0 Å². The predicted octanol–water partition coefficient (Wildman–Crippen LogP) is 1.13. The number of rotatable bonds is 3. The minimum absolute atomic E-state index is 0.0380. The van der Waals surface area contributed by atoms with Crippen molar-refractivity contribution < 1.29 is 9.72 Å². The first-order valence-corrected chi connectivity index (χ1v) is 6.50. The van der Waals surface area contributed by atoms with Crippen LogP contribution in [0.2, 0.25) is 0 Å². The minimum atomic E-state index is -0.556. The molecule has 0 atom stereocenters. The lowest BCUT2D eigenvalue weighted by molar-refractivity contribution is -0.385. The number of thiocarbonyl (C=S) groups is 1. The van der Waals surface area contributed by atoms with Crippen molar-refractivity contribution >= 4 is 46.0 Å². The monoisotopic (exact) mass is 320 g/mol. The van der Waals surface area contributed by atoms with Gasteiger partial charge >= 0.3 is 5.91 Å². The van der Waals surface area contributed by atoms with Gasteiger partial charge in [0.15, 0.2) is 10.8 Å². The van der Waals surface area contributed by atoms with Gasteiger partial charge in [-0.05, 0) is 32.1 Å². The third kappa shape index (κ3) is 2.91. The number of anilines is 1. The summed E-state index contributed by atoms with van der Waals surface area (Å²) in [7, 11) is 0. The van der Waals surface area contributed by atoms with Gasteiger partial charge in [-0.15, -0.1) is 0 Å². The summed E-state index contributed by atoms with van der Waals surface area (Å²) in [5, 5.41) is 19.4. The molecule has 1 aliphatic heterocycles. The third-order valence-electron chi connectivity index (χ3n) is 2.90. The van der Waals surface area contributed by atoms with Crippen LogP contribution in [0.4, 0.5) is 11.4 Å². The molecule has 0 aromatic heterocycles. The second-order valence-corrected chi connectivity index (χ2v) is 4.89. The van der Waals surface area contributed by atoms with Crippen molar-refractivity contribution in [3.63, 3.8) is 0 Å². The van der Waals surface area contributed by atoms with Gasteiger partial charge in [-0.3, -0.25) is 20.3 Å². The lowest BCUT2D eigenvalue weighted by Crippen LogP contribution is -2.36. The Morgan fingerprint density at radius 2 is 2.18 bits per heavy atom. The Labute approximate surface area is 130 Å². The smallest absolute Gasteiger partial charge is 0.303 e. The molecule has 22 heavy (non-hydrogen) atoms. The number of nitro benzene ring substituents is 1. The zero-order chi connectivity index (χ0) is 16.4. The van der Waals surface area contributed by atoms with Gasteiger partial charge in [0.25, 0.3) is 5.69 Å². The van der Waals surface area contributed by atoms with Crippen molar-refractivity contribution in [1.82, 2.24) is 5.01 Å². The van der Waals surface area contributed by atoms with Crippen LogP contribution in [0.5, 0.6) is 0 Å². The largest absolute Gasteiger partial charge is 0.374 e. The number of hydrogen-bond donors (Lipinski definition) is 2. The molecule has 1 aliphatic rings. The molecule has 0 fully saturated rings. The van der Waals surface area contributed by atoms with Gasteiger partial charge < -0.3 is 5.73 Å². The van der Waals surface area contributed by atoms with E-state index in [4.69, 9.17) is 18.0 Å². The molecule has 0 saturated heterocycles. The Morgan fingerprint density at radius 1 is 1.50 bits per heavy atom. The van der Waals surface area contributed by atoms with E-state index < -0.39 is 10.8 Å². The maximum Gasteiger partial charge on any atom is 0.303 e. The van der Waals surface area contributed by atoms with Crippen LogP contribution >= 0.6 is 12.2 Å². The summed E-state index contributed by atoms with van der Waals surface area (Å²) < 4.78 is 0. The molecule has 0 aliphatic carbocycles. The molecule has 9 nitrogen and oxygen atoms in total. The molecule has 114 valence electrons. The molecule has 2 rings (SSSR count). The molecule has 0 spiro atoms. The molecule has 0 unspecified atom stereocenters. The zero-order valence-electron chi connectivity index (χ0n) is 11.7. The topological polar surface area (TPSA) is 126 Å². The van der Waals surface area contributed by atoms with Crippen LogP contribution in [0, 0.1) is 17.0 Å². The summed E-state index contributed by atoms with van der Waals surface area (Å²) in [6.45, 7) is 3.21. The van der Waals surface area contributed by atoms with Crippen LogP contribution in [0.3, 0.4) is 0 Å². The van der Waals surface area contributed by atoms with Crippen LogP contribution in [0.25, 0.3) is 0 Å². The molecular formula is C12H12N6O3S. The van der Waals surface area contributed by atoms with E-state index in [1.54, 1.807) is 26.0 Å². The van der Waals surface area contributed by atoms with Crippen molar-refractivity contribution in [2.24, 2.45) is 15.9 Å². The highest BCUT2D eigenvalue weighted by atomic mass is 32.1. The van der Waals surface area contributed by atoms with E-state index in [2.05, 4.69) is 15.6 Å². The fourth-order valence-electron chi connectivity index (χ4n) is 1.77. The molecule has 1 aromatic carbocycles. The number of carbonyl (C=O) groups excluding carboxylic acids is 1. The minimum Gasteiger partial charge on any atom is -0.374 e. The van der Waals surface area contributed by atoms with Crippen molar-refractivity contribution in [2.75, 3.05) is 5.43 Å². The molecule has 1 aromatic rings. The van der Waals surface area contributed by atoms with Gasteiger partial charge in [-0.2, -0.15) is 15.2 Å². The lowest BCUT2D eigenvalue weighted by Gasteiger charge is -2.07. The SMILES string of the molecule is CC1=NN(C(N)=S)C(=O)/C1=N/Nc1ccc(C)c([N+](=O)[O-])c1. The number of carbonyl (C=O) groups is 1. The summed E-state index contributed by atoms with van der Waals surface area (Å²) in [5.74, 6) is -0.556. The number of amides is 1. The normalized spacial score (nSPS) is 15.9. The van der Waals surface area contributed by atoms with Crippen molar-refractivity contribution in [2.45, 2.75) is 13.8 Å².